The maximum absolute atomic E-state index is 15.1. The van der Waals surface area contributed by atoms with Crippen LogP contribution in [-0.4, -0.2) is 173 Å². The summed E-state index contributed by atoms with van der Waals surface area (Å²) in [6.07, 6.45) is 0.709. The van der Waals surface area contributed by atoms with E-state index in [2.05, 4.69) is 41.1 Å². The number of carbonyl (C=O) groups excluding carboxylic acids is 4. The second-order valence-corrected chi connectivity index (χ2v) is 21.4. The van der Waals surface area contributed by atoms with Gasteiger partial charge in [-0.3, -0.25) is 24.1 Å². The van der Waals surface area contributed by atoms with Crippen LogP contribution in [0.2, 0.25) is 5.02 Å². The summed E-state index contributed by atoms with van der Waals surface area (Å²) in [6, 6.07) is 10.5. The predicted octanol–water partition coefficient (Wildman–Crippen LogP) is 5.48. The van der Waals surface area contributed by atoms with Crippen molar-refractivity contribution in [2.75, 3.05) is 96.2 Å². The van der Waals surface area contributed by atoms with Crippen LogP contribution < -0.4 is 26.0 Å². The number of aromatic nitrogens is 3. The van der Waals surface area contributed by atoms with Gasteiger partial charge in [0, 0.05) is 68.8 Å². The molecule has 0 radical (unpaired) electrons. The van der Waals surface area contributed by atoms with Gasteiger partial charge >= 0.3 is 0 Å². The van der Waals surface area contributed by atoms with Gasteiger partial charge in [0.05, 0.1) is 73.6 Å². The molecule has 2 unspecified atom stereocenters. The number of thioether (sulfide) groups is 1. The molecule has 4 aromatic rings. The van der Waals surface area contributed by atoms with Crippen molar-refractivity contribution < 1.29 is 42.9 Å². The molecule has 1 saturated carbocycles. The normalized spacial score (nSPS) is 18.7. The van der Waals surface area contributed by atoms with Crippen molar-refractivity contribution in [3.05, 3.63) is 76.0 Å². The predicted molar refractivity (Wildman–Crippen MR) is 273 cm³/mol. The van der Waals surface area contributed by atoms with Crippen LogP contribution in [0.4, 0.5) is 21.8 Å². The van der Waals surface area contributed by atoms with Crippen LogP contribution in [0.25, 0.3) is 10.4 Å². The summed E-state index contributed by atoms with van der Waals surface area (Å²) in [5.74, 6) is -0.216. The summed E-state index contributed by atoms with van der Waals surface area (Å²) >= 11 is 9.06. The Morgan fingerprint density at radius 3 is 2.39 bits per heavy atom. The minimum Gasteiger partial charge on any atom is -0.495 e. The number of hydrogen-bond donors (Lipinski definition) is 5. The first-order valence-electron chi connectivity index (χ1n) is 23.8. The van der Waals surface area contributed by atoms with E-state index in [0.29, 0.717) is 98.7 Å². The molecule has 5 N–H and O–H groups in total. The van der Waals surface area contributed by atoms with Crippen LogP contribution in [0, 0.1) is 6.92 Å². The molecule has 0 bridgehead atoms. The van der Waals surface area contributed by atoms with Gasteiger partial charge < -0.3 is 50.4 Å². The summed E-state index contributed by atoms with van der Waals surface area (Å²) in [5, 5.41) is 22.9. The molecule has 71 heavy (non-hydrogen) atoms. The Kier molecular flexibility index (Phi) is 18.2. The number of benzene rings is 2. The third-order valence-electron chi connectivity index (χ3n) is 12.9. The van der Waals surface area contributed by atoms with Crippen LogP contribution in [0.1, 0.15) is 67.7 Å². The van der Waals surface area contributed by atoms with Crippen molar-refractivity contribution in [2.24, 2.45) is 0 Å². The van der Waals surface area contributed by atoms with Gasteiger partial charge in [-0.1, -0.05) is 35.9 Å². The molecule has 4 heterocycles. The van der Waals surface area contributed by atoms with E-state index < -0.39 is 52.4 Å². The van der Waals surface area contributed by atoms with E-state index in [1.54, 1.807) is 55.9 Å². The molecule has 2 aliphatic heterocycles. The third-order valence-corrected chi connectivity index (χ3v) is 15.5. The van der Waals surface area contributed by atoms with Gasteiger partial charge in [-0.2, -0.15) is 16.7 Å². The fourth-order valence-electron chi connectivity index (χ4n) is 8.47. The number of thiazole rings is 1. The highest BCUT2D eigenvalue weighted by Crippen LogP contribution is 2.41. The number of aliphatic hydroxyl groups is 1. The fourth-order valence-corrected chi connectivity index (χ4v) is 10.5. The molecule has 2 aromatic carbocycles. The van der Waals surface area contributed by atoms with E-state index in [-0.39, 0.29) is 31.7 Å². The molecule has 4 atom stereocenters. The smallest absolute Gasteiger partial charge is 0.258 e. The lowest BCUT2D eigenvalue weighted by molar-refractivity contribution is -0.143. The molecular formula is C49H64ClFN10O8S2. The number of carbonyl (C=O) groups is 4. The first kappa shape index (κ1) is 53.6. The van der Waals surface area contributed by atoms with Gasteiger partial charge in [-0.05, 0) is 69.9 Å². The molecule has 2 saturated heterocycles. The van der Waals surface area contributed by atoms with Gasteiger partial charge in [-0.25, -0.2) is 14.4 Å². The van der Waals surface area contributed by atoms with E-state index >= 15 is 4.39 Å². The van der Waals surface area contributed by atoms with Crippen LogP contribution in [0.5, 0.6) is 5.75 Å². The second kappa shape index (κ2) is 24.0. The Balaban J connectivity index is 0.823. The van der Waals surface area contributed by atoms with E-state index in [1.807, 2.05) is 43.0 Å². The second-order valence-electron chi connectivity index (χ2n) is 18.4. The number of aryl methyl sites for hydroxylation is 1. The van der Waals surface area contributed by atoms with Crippen molar-refractivity contribution in [1.29, 1.82) is 0 Å². The van der Waals surface area contributed by atoms with Gasteiger partial charge in [0.15, 0.2) is 5.67 Å². The number of amides is 4. The summed E-state index contributed by atoms with van der Waals surface area (Å²) in [6.45, 7) is 12.0. The zero-order chi connectivity index (χ0) is 50.9. The molecule has 7 rings (SSSR count). The van der Waals surface area contributed by atoms with Crippen molar-refractivity contribution in [3.63, 3.8) is 0 Å². The number of anilines is 3. The molecular weight excluding hydrogens is 975 g/mol. The highest BCUT2D eigenvalue weighted by Gasteiger charge is 2.54. The van der Waals surface area contributed by atoms with Crippen molar-refractivity contribution >= 4 is 75.8 Å². The number of nitrogens with one attached hydrogen (secondary N) is 4. The number of halogens is 2. The summed E-state index contributed by atoms with van der Waals surface area (Å²) in [5.41, 5.74) is 3.71. The first-order chi connectivity index (χ1) is 34.0. The summed E-state index contributed by atoms with van der Waals surface area (Å²) in [7, 11) is 3.25. The number of likely N-dealkylation sites (tertiary alicyclic amines) is 1. The molecule has 384 valence electrons. The van der Waals surface area contributed by atoms with Gasteiger partial charge in [-0.15, -0.1) is 11.3 Å². The van der Waals surface area contributed by atoms with E-state index in [1.165, 1.54) is 30.0 Å². The van der Waals surface area contributed by atoms with Crippen LogP contribution in [-0.2, 0) is 23.9 Å². The Hall–Kier alpha value is -5.16. The number of rotatable bonds is 23. The lowest BCUT2D eigenvalue weighted by atomic mass is 10.00. The average molecular weight is 1040 g/mol. The largest absolute Gasteiger partial charge is 0.495 e. The van der Waals surface area contributed by atoms with Crippen molar-refractivity contribution in [2.45, 2.75) is 81.6 Å². The van der Waals surface area contributed by atoms with E-state index in [9.17, 15) is 24.3 Å². The zero-order valence-electron chi connectivity index (χ0n) is 41.0. The summed E-state index contributed by atoms with van der Waals surface area (Å²) < 4.78 is 31.4. The average Bonchev–Trinajstić information content (AvgIpc) is 3.77. The Morgan fingerprint density at radius 1 is 1.01 bits per heavy atom. The molecule has 3 aliphatic rings. The number of β-amino-alcohol motifs (C(OH)–C–C–N with tert-alkyl or cyclic N) is 1. The molecule has 1 aliphatic carbocycles. The van der Waals surface area contributed by atoms with Crippen molar-refractivity contribution in [1.82, 2.24) is 40.3 Å². The van der Waals surface area contributed by atoms with Gasteiger partial charge in [0.2, 0.25) is 17.8 Å². The molecule has 22 heteroatoms. The minimum absolute atomic E-state index is 0.0245. The number of aliphatic hydroxyl groups excluding tert-OH is 1. The number of piperazine rings is 1. The number of nitrogens with zero attached hydrogens (tertiary/aromatic N) is 6. The first-order valence-corrected chi connectivity index (χ1v) is 26.0. The molecule has 2 aromatic heterocycles. The highest BCUT2D eigenvalue weighted by atomic mass is 35.5. The Bertz CT molecular complexity index is 2490. The lowest BCUT2D eigenvalue weighted by Crippen LogP contribution is -2.61. The fraction of sp³-hybridized carbons (Fsp3) is 0.531. The van der Waals surface area contributed by atoms with Crippen LogP contribution in [0.15, 0.2) is 54.2 Å². The minimum atomic E-state index is -2.03. The third kappa shape index (κ3) is 13.7. The number of hydrogen-bond acceptors (Lipinski definition) is 16. The highest BCUT2D eigenvalue weighted by molar-refractivity contribution is 8.00. The maximum Gasteiger partial charge on any atom is 0.258 e. The Morgan fingerprint density at radius 2 is 1.73 bits per heavy atom. The van der Waals surface area contributed by atoms with Gasteiger partial charge in [0.25, 0.3) is 11.8 Å². The standard InChI is InChI=1S/C49H64ClFN10O8S2/c1-30(32-7-9-33(10-8-32)40-31(2)54-29-70-40)55-43(63)38-26-35(62)28-61(38)45(65)41(57-46(66)49(51)13-14-49)48(3,4)71-24-23-69-22-21-68-20-19-59-15-17-60(18-16-59)44(64)34-11-12-37(39(25-34)67-6)56-47-53-27-36(50)42(52-5)58-47/h7-12,25,27,29-30,35,38,41,62H,13-24,26,28H2,1-6H3,(H,55,63)(H,57,66)(H2,52,53,56,58)/t30?,35-,38+,41?/m1/s1. The quantitative estimate of drug-likeness (QED) is 0.0582. The molecule has 0 spiro atoms. The number of methoxy groups -OCH3 is 1. The lowest BCUT2D eigenvalue weighted by Gasteiger charge is -2.37. The van der Waals surface area contributed by atoms with Crippen LogP contribution >= 0.6 is 34.7 Å². The zero-order valence-corrected chi connectivity index (χ0v) is 43.4. The molecule has 4 amide bonds. The molecule has 3 fully saturated rings. The summed E-state index contributed by atoms with van der Waals surface area (Å²) in [4.78, 5) is 74.2. The Labute approximate surface area is 427 Å². The molecule has 18 nitrogen and oxygen atoms in total. The number of ether oxygens (including phenoxy) is 3. The van der Waals surface area contributed by atoms with Crippen molar-refractivity contribution in [3.8, 4) is 16.2 Å². The van der Waals surface area contributed by atoms with Crippen LogP contribution in [0.3, 0.4) is 0 Å². The van der Waals surface area contributed by atoms with E-state index in [0.717, 1.165) is 21.7 Å². The van der Waals surface area contributed by atoms with E-state index in [4.69, 9.17) is 25.8 Å². The number of alkyl halides is 1. The monoisotopic (exact) mass is 1040 g/mol. The topological polar surface area (TPSA) is 213 Å². The maximum atomic E-state index is 15.1. The van der Waals surface area contributed by atoms with Gasteiger partial charge in [0.1, 0.15) is 28.7 Å². The SMILES string of the molecule is CNc1nc(Nc2ccc(C(=O)N3CCN(CCOCCOCCSC(C)(C)C(NC(=O)C4(F)CC4)C(=O)N4C[C@H](O)C[C@H]4C(=O)NC(C)c4ccc(-c5scnc5C)cc4)CC3)cc2OC)ncc1Cl.